The molecule has 0 saturated heterocycles. The lowest BCUT2D eigenvalue weighted by atomic mass is 9.80. The van der Waals surface area contributed by atoms with Crippen molar-refractivity contribution in [3.05, 3.63) is 48.0 Å². The van der Waals surface area contributed by atoms with Crippen LogP contribution < -0.4 is 0 Å². The van der Waals surface area contributed by atoms with E-state index >= 15 is 0 Å². The normalized spacial score (nSPS) is 14.4. The highest BCUT2D eigenvalue weighted by molar-refractivity contribution is 5.68. The van der Waals surface area contributed by atoms with E-state index in [0.717, 1.165) is 11.8 Å². The van der Waals surface area contributed by atoms with E-state index < -0.39 is 5.41 Å². The molecule has 74 valence electrons. The van der Waals surface area contributed by atoms with Crippen LogP contribution in [0.5, 0.6) is 0 Å². The Hall–Kier alpha value is -1.37. The Kier molecular flexibility index (Phi) is 3.23. The number of hydrogen-bond donors (Lipinski definition) is 0. The molecule has 14 heavy (non-hydrogen) atoms. The molecule has 0 bridgehead atoms. The molecule has 0 N–H and O–H groups in total. The summed E-state index contributed by atoms with van der Waals surface area (Å²) in [6.07, 6.45) is 3.47. The van der Waals surface area contributed by atoms with Crippen molar-refractivity contribution in [3.63, 3.8) is 0 Å². The largest absolute Gasteiger partial charge is 0.302 e. The van der Waals surface area contributed by atoms with Gasteiger partial charge in [-0.2, -0.15) is 0 Å². The van der Waals surface area contributed by atoms with Crippen LogP contribution in [0.15, 0.2) is 36.9 Å². The van der Waals surface area contributed by atoms with Gasteiger partial charge >= 0.3 is 0 Å². The maximum Gasteiger partial charge on any atom is 0.130 e. The van der Waals surface area contributed by atoms with Crippen LogP contribution in [0.25, 0.3) is 0 Å². The molecule has 1 atom stereocenters. The second kappa shape index (κ2) is 4.23. The van der Waals surface area contributed by atoms with E-state index in [9.17, 15) is 4.79 Å². The fourth-order valence-electron chi connectivity index (χ4n) is 1.53. The predicted molar refractivity (Wildman–Crippen MR) is 59.4 cm³/mol. The van der Waals surface area contributed by atoms with E-state index in [2.05, 4.69) is 12.6 Å². The maximum absolute atomic E-state index is 11.1. The lowest BCUT2D eigenvalue weighted by molar-refractivity contribution is -0.112. The van der Waals surface area contributed by atoms with Crippen LogP contribution >= 0.6 is 0 Å². The molecule has 0 aliphatic carbocycles. The van der Waals surface area contributed by atoms with Gasteiger partial charge in [0.15, 0.2) is 0 Å². The number of benzene rings is 1. The topological polar surface area (TPSA) is 17.1 Å². The average molecular weight is 188 g/mol. The average Bonchev–Trinajstić information content (AvgIpc) is 2.18. The van der Waals surface area contributed by atoms with Crippen LogP contribution in [0.2, 0.25) is 0 Å². The van der Waals surface area contributed by atoms with Gasteiger partial charge in [-0.3, -0.25) is 0 Å². The molecule has 0 aliphatic rings. The number of hydrogen-bond acceptors (Lipinski definition) is 1. The zero-order valence-corrected chi connectivity index (χ0v) is 8.79. The summed E-state index contributed by atoms with van der Waals surface area (Å²) in [6, 6.07) is 8.06. The van der Waals surface area contributed by atoms with Gasteiger partial charge in [-0.25, -0.2) is 0 Å². The number of carbonyl (C=O) groups excluding carboxylic acids is 1. The summed E-state index contributed by atoms with van der Waals surface area (Å²) in [4.78, 5) is 11.1. The van der Waals surface area contributed by atoms with Crippen LogP contribution in [0.4, 0.5) is 0 Å². The summed E-state index contributed by atoms with van der Waals surface area (Å²) in [7, 11) is 0. The molecule has 0 amide bonds. The Morgan fingerprint density at radius 2 is 2.21 bits per heavy atom. The van der Waals surface area contributed by atoms with Gasteiger partial charge in [0, 0.05) is 0 Å². The monoisotopic (exact) mass is 188 g/mol. The summed E-state index contributed by atoms with van der Waals surface area (Å²) < 4.78 is 0. The van der Waals surface area contributed by atoms with Crippen LogP contribution in [0, 0.1) is 6.92 Å². The Bertz CT molecular complexity index is 341. The highest BCUT2D eigenvalue weighted by Gasteiger charge is 2.24. The quantitative estimate of drug-likeness (QED) is 0.524. The highest BCUT2D eigenvalue weighted by Crippen LogP contribution is 2.26. The minimum Gasteiger partial charge on any atom is -0.302 e. The predicted octanol–water partition coefficient (Wildman–Crippen LogP) is 3.03. The Balaban J connectivity index is 3.11. The molecule has 0 aromatic heterocycles. The molecule has 1 aromatic rings. The van der Waals surface area contributed by atoms with Crippen LogP contribution in [0.3, 0.4) is 0 Å². The third-order valence-corrected chi connectivity index (χ3v) is 2.51. The molecule has 0 unspecified atom stereocenters. The smallest absolute Gasteiger partial charge is 0.130 e. The summed E-state index contributed by atoms with van der Waals surface area (Å²) in [6.45, 7) is 7.65. The molecule has 1 nitrogen and oxygen atoms in total. The van der Waals surface area contributed by atoms with Crippen molar-refractivity contribution in [3.8, 4) is 0 Å². The van der Waals surface area contributed by atoms with Gasteiger partial charge in [0.1, 0.15) is 6.29 Å². The molecule has 1 rings (SSSR count). The third kappa shape index (κ3) is 2.11. The molecule has 0 radical (unpaired) electrons. The number of carbonyl (C=O) groups is 1. The molecule has 1 heteroatoms. The third-order valence-electron chi connectivity index (χ3n) is 2.51. The number of rotatable bonds is 4. The molecule has 0 fully saturated rings. The van der Waals surface area contributed by atoms with Gasteiger partial charge in [-0.05, 0) is 25.8 Å². The van der Waals surface area contributed by atoms with E-state index in [0.29, 0.717) is 6.42 Å². The van der Waals surface area contributed by atoms with Crippen molar-refractivity contribution < 1.29 is 4.79 Å². The van der Waals surface area contributed by atoms with Crippen molar-refractivity contribution in [1.29, 1.82) is 0 Å². The molecule has 0 heterocycles. The van der Waals surface area contributed by atoms with Gasteiger partial charge < -0.3 is 4.79 Å². The zero-order valence-electron chi connectivity index (χ0n) is 8.79. The molecular formula is C13H16O. The van der Waals surface area contributed by atoms with E-state index in [-0.39, 0.29) is 0 Å². The van der Waals surface area contributed by atoms with E-state index in [4.69, 9.17) is 0 Å². The van der Waals surface area contributed by atoms with E-state index in [1.54, 1.807) is 6.08 Å². The minimum absolute atomic E-state index is 0.423. The van der Waals surface area contributed by atoms with Crippen molar-refractivity contribution in [1.82, 2.24) is 0 Å². The second-order valence-electron chi connectivity index (χ2n) is 3.90. The Morgan fingerprint density at radius 3 is 2.71 bits per heavy atom. The van der Waals surface area contributed by atoms with Crippen LogP contribution in [-0.2, 0) is 10.2 Å². The number of aldehydes is 1. The Morgan fingerprint density at radius 1 is 1.50 bits per heavy atom. The van der Waals surface area contributed by atoms with Gasteiger partial charge in [0.05, 0.1) is 5.41 Å². The van der Waals surface area contributed by atoms with Crippen LogP contribution in [-0.4, -0.2) is 6.29 Å². The minimum atomic E-state index is -0.423. The van der Waals surface area contributed by atoms with Crippen molar-refractivity contribution in [2.45, 2.75) is 25.7 Å². The lowest BCUT2D eigenvalue weighted by Gasteiger charge is -2.22. The van der Waals surface area contributed by atoms with Crippen molar-refractivity contribution >= 4 is 6.29 Å². The van der Waals surface area contributed by atoms with Gasteiger partial charge in [-0.15, -0.1) is 6.58 Å². The van der Waals surface area contributed by atoms with Gasteiger partial charge in [0.2, 0.25) is 0 Å². The summed E-state index contributed by atoms with van der Waals surface area (Å²) in [5.41, 5.74) is 1.82. The molecule has 0 aliphatic heterocycles. The molecule has 0 spiro atoms. The number of allylic oxidation sites excluding steroid dienone is 1. The number of aryl methyl sites for hydroxylation is 1. The molecular weight excluding hydrogens is 172 g/mol. The fourth-order valence-corrected chi connectivity index (χ4v) is 1.53. The lowest BCUT2D eigenvalue weighted by Crippen LogP contribution is -2.22. The first kappa shape index (κ1) is 10.7. The summed E-state index contributed by atoms with van der Waals surface area (Å²) in [5.74, 6) is 0. The van der Waals surface area contributed by atoms with Crippen LogP contribution in [0.1, 0.15) is 24.5 Å². The maximum atomic E-state index is 11.1. The van der Waals surface area contributed by atoms with E-state index in [1.807, 2.05) is 32.0 Å². The Labute approximate surface area is 85.5 Å². The van der Waals surface area contributed by atoms with Crippen molar-refractivity contribution in [2.75, 3.05) is 0 Å². The first-order chi connectivity index (χ1) is 6.62. The zero-order chi connectivity index (χ0) is 10.6. The first-order valence-corrected chi connectivity index (χ1v) is 4.77. The fraction of sp³-hybridized carbons (Fsp3) is 0.308. The SMILES string of the molecule is C=CC[C@](C)(C=O)c1cccc(C)c1. The van der Waals surface area contributed by atoms with Gasteiger partial charge in [-0.1, -0.05) is 35.9 Å². The molecule has 0 saturated carbocycles. The van der Waals surface area contributed by atoms with E-state index in [1.165, 1.54) is 5.56 Å². The summed E-state index contributed by atoms with van der Waals surface area (Å²) in [5, 5.41) is 0. The second-order valence-corrected chi connectivity index (χ2v) is 3.90. The first-order valence-electron chi connectivity index (χ1n) is 4.77. The highest BCUT2D eigenvalue weighted by atomic mass is 16.1. The molecule has 1 aromatic carbocycles. The summed E-state index contributed by atoms with van der Waals surface area (Å²) >= 11 is 0. The van der Waals surface area contributed by atoms with Gasteiger partial charge in [0.25, 0.3) is 0 Å². The van der Waals surface area contributed by atoms with Crippen molar-refractivity contribution in [2.24, 2.45) is 0 Å². The standard InChI is InChI=1S/C13H16O/c1-4-8-13(3,10-14)12-7-5-6-11(2)9-12/h4-7,9-10H,1,8H2,2-3H3/t13-/m1/s1.